The van der Waals surface area contributed by atoms with E-state index >= 15 is 0 Å². The van der Waals surface area contributed by atoms with Gasteiger partial charge in [-0.15, -0.1) is 0 Å². The van der Waals surface area contributed by atoms with Crippen LogP contribution in [-0.4, -0.2) is 46.1 Å². The lowest BCUT2D eigenvalue weighted by Crippen LogP contribution is -2.25. The van der Waals surface area contributed by atoms with Crippen molar-refractivity contribution in [3.63, 3.8) is 0 Å². The molecule has 1 aliphatic heterocycles. The van der Waals surface area contributed by atoms with Crippen molar-refractivity contribution in [1.82, 2.24) is 0 Å². The lowest BCUT2D eigenvalue weighted by atomic mass is 9.83. The van der Waals surface area contributed by atoms with E-state index < -0.39 is 18.0 Å². The molecule has 0 aromatic heterocycles. The van der Waals surface area contributed by atoms with Gasteiger partial charge < -0.3 is 28.8 Å². The van der Waals surface area contributed by atoms with Crippen molar-refractivity contribution in [3.8, 4) is 23.0 Å². The Morgan fingerprint density at radius 2 is 1.52 bits per heavy atom. The minimum Gasteiger partial charge on any atom is -0.493 e. The van der Waals surface area contributed by atoms with Gasteiger partial charge in [0.2, 0.25) is 0 Å². The van der Waals surface area contributed by atoms with Crippen LogP contribution in [0.3, 0.4) is 0 Å². The first-order valence-electron chi connectivity index (χ1n) is 9.29. The zero-order valence-corrected chi connectivity index (χ0v) is 17.0. The first kappa shape index (κ1) is 20.8. The summed E-state index contributed by atoms with van der Waals surface area (Å²) < 4.78 is 26.5. The molecule has 1 aliphatic rings. The van der Waals surface area contributed by atoms with Gasteiger partial charge in [0.05, 0.1) is 47.1 Å². The van der Waals surface area contributed by atoms with Gasteiger partial charge in [-0.05, 0) is 41.8 Å². The first-order chi connectivity index (χ1) is 14.0. The first-order valence-corrected chi connectivity index (χ1v) is 9.29. The Labute approximate surface area is 170 Å². The van der Waals surface area contributed by atoms with Crippen molar-refractivity contribution in [3.05, 3.63) is 47.5 Å². The molecule has 3 rings (SSSR count). The zero-order valence-electron chi connectivity index (χ0n) is 17.0. The van der Waals surface area contributed by atoms with E-state index in [1.165, 1.54) is 7.11 Å². The molecule has 0 spiro atoms. The van der Waals surface area contributed by atoms with Crippen LogP contribution in [0.4, 0.5) is 0 Å². The summed E-state index contributed by atoms with van der Waals surface area (Å²) in [6.07, 6.45) is -0.462. The Kier molecular flexibility index (Phi) is 6.49. The molecule has 1 unspecified atom stereocenters. The average Bonchev–Trinajstić information content (AvgIpc) is 3.12. The number of cyclic esters (lactones) is 1. The second-order valence-corrected chi connectivity index (χ2v) is 6.87. The molecule has 0 bridgehead atoms. The number of benzene rings is 2. The van der Waals surface area contributed by atoms with Gasteiger partial charge in [0, 0.05) is 5.92 Å². The predicted molar refractivity (Wildman–Crippen MR) is 106 cm³/mol. The van der Waals surface area contributed by atoms with Gasteiger partial charge in [-0.2, -0.15) is 0 Å². The molecule has 1 heterocycles. The van der Waals surface area contributed by atoms with Crippen LogP contribution in [-0.2, 0) is 16.0 Å². The van der Waals surface area contributed by atoms with E-state index in [-0.39, 0.29) is 12.5 Å². The number of rotatable bonds is 8. The summed E-state index contributed by atoms with van der Waals surface area (Å²) in [6, 6.07) is 10.7. The summed E-state index contributed by atoms with van der Waals surface area (Å²) >= 11 is 0. The molecule has 0 amide bonds. The van der Waals surface area contributed by atoms with Gasteiger partial charge in [0.1, 0.15) is 0 Å². The highest BCUT2D eigenvalue weighted by molar-refractivity contribution is 5.76. The summed E-state index contributed by atoms with van der Waals surface area (Å²) in [6.45, 7) is 0.252. The summed E-state index contributed by atoms with van der Waals surface area (Å²) in [5, 5.41) is 11.0. The van der Waals surface area contributed by atoms with Crippen molar-refractivity contribution in [2.24, 2.45) is 11.8 Å². The van der Waals surface area contributed by atoms with E-state index in [1.807, 2.05) is 18.2 Å². The monoisotopic (exact) mass is 402 g/mol. The van der Waals surface area contributed by atoms with Crippen LogP contribution in [0.25, 0.3) is 0 Å². The number of ether oxygens (including phenoxy) is 5. The maximum atomic E-state index is 12.4. The van der Waals surface area contributed by atoms with Crippen LogP contribution in [0.5, 0.6) is 23.0 Å². The number of esters is 1. The molecular weight excluding hydrogens is 376 g/mol. The highest BCUT2D eigenvalue weighted by atomic mass is 16.5. The third-order valence-corrected chi connectivity index (χ3v) is 5.25. The molecule has 1 fully saturated rings. The molecule has 2 aromatic rings. The molecule has 2 aromatic carbocycles. The lowest BCUT2D eigenvalue weighted by Gasteiger charge is -2.22. The standard InChI is InChI=1S/C22H26O7/c1-25-16-7-5-13(10-18(16)27-3)9-15-12-29-22(24)20(15)21(23)14-6-8-17(26-2)19(11-14)28-4/h5-8,10-11,15,20-21,23H,9,12H2,1-4H3/t15-,20-,21?/m0/s1. The highest BCUT2D eigenvalue weighted by Crippen LogP contribution is 2.39. The number of hydrogen-bond donors (Lipinski definition) is 1. The molecule has 3 atom stereocenters. The van der Waals surface area contributed by atoms with E-state index in [0.29, 0.717) is 35.0 Å². The van der Waals surface area contributed by atoms with Gasteiger partial charge in [-0.25, -0.2) is 0 Å². The molecular formula is C22H26O7. The summed E-state index contributed by atoms with van der Waals surface area (Å²) in [5.74, 6) is 1.04. The molecule has 0 radical (unpaired) electrons. The van der Waals surface area contributed by atoms with E-state index in [1.54, 1.807) is 39.5 Å². The molecule has 0 saturated carbocycles. The van der Waals surface area contributed by atoms with Crippen LogP contribution < -0.4 is 18.9 Å². The van der Waals surface area contributed by atoms with Crippen LogP contribution in [0.15, 0.2) is 36.4 Å². The van der Waals surface area contributed by atoms with Crippen molar-refractivity contribution in [2.75, 3.05) is 35.0 Å². The molecule has 29 heavy (non-hydrogen) atoms. The second kappa shape index (κ2) is 9.05. The van der Waals surface area contributed by atoms with Crippen LogP contribution >= 0.6 is 0 Å². The minimum absolute atomic E-state index is 0.177. The normalized spacial score (nSPS) is 19.4. The van der Waals surface area contributed by atoms with E-state index in [9.17, 15) is 9.90 Å². The number of methoxy groups -OCH3 is 4. The molecule has 7 nitrogen and oxygen atoms in total. The van der Waals surface area contributed by atoms with Crippen molar-refractivity contribution >= 4 is 5.97 Å². The predicted octanol–water partition coefficient (Wildman–Crippen LogP) is 2.79. The zero-order chi connectivity index (χ0) is 21.0. The van der Waals surface area contributed by atoms with Crippen LogP contribution in [0.1, 0.15) is 17.2 Å². The summed E-state index contributed by atoms with van der Waals surface area (Å²) in [7, 11) is 6.23. The van der Waals surface area contributed by atoms with Crippen molar-refractivity contribution in [1.29, 1.82) is 0 Å². The Balaban J connectivity index is 1.83. The maximum Gasteiger partial charge on any atom is 0.312 e. The van der Waals surface area contributed by atoms with E-state index in [4.69, 9.17) is 23.7 Å². The van der Waals surface area contributed by atoms with Crippen molar-refractivity contribution in [2.45, 2.75) is 12.5 Å². The fourth-order valence-corrected chi connectivity index (χ4v) is 3.71. The summed E-state index contributed by atoms with van der Waals surface area (Å²) in [5.41, 5.74) is 1.54. The molecule has 1 saturated heterocycles. The fraction of sp³-hybridized carbons (Fsp3) is 0.409. The highest BCUT2D eigenvalue weighted by Gasteiger charge is 2.42. The van der Waals surface area contributed by atoms with Gasteiger partial charge >= 0.3 is 5.97 Å². The largest absolute Gasteiger partial charge is 0.493 e. The maximum absolute atomic E-state index is 12.4. The van der Waals surface area contributed by atoms with E-state index in [0.717, 1.165) is 5.56 Å². The Morgan fingerprint density at radius 1 is 0.931 bits per heavy atom. The molecule has 0 aliphatic carbocycles. The molecule has 7 heteroatoms. The topological polar surface area (TPSA) is 83.5 Å². The molecule has 156 valence electrons. The third kappa shape index (κ3) is 4.24. The van der Waals surface area contributed by atoms with Gasteiger partial charge in [0.15, 0.2) is 23.0 Å². The minimum atomic E-state index is -1.02. The van der Waals surface area contributed by atoms with Gasteiger partial charge in [-0.3, -0.25) is 4.79 Å². The van der Waals surface area contributed by atoms with Crippen LogP contribution in [0, 0.1) is 11.8 Å². The Morgan fingerprint density at radius 3 is 2.14 bits per heavy atom. The number of hydrogen-bond acceptors (Lipinski definition) is 7. The quantitative estimate of drug-likeness (QED) is 0.680. The van der Waals surface area contributed by atoms with Crippen molar-refractivity contribution < 1.29 is 33.6 Å². The van der Waals surface area contributed by atoms with E-state index in [2.05, 4.69) is 0 Å². The SMILES string of the molecule is COc1ccc(C[C@H]2COC(=O)[C@@H]2C(O)c2ccc(OC)c(OC)c2)cc1OC. The van der Waals surface area contributed by atoms with Gasteiger partial charge in [0.25, 0.3) is 0 Å². The third-order valence-electron chi connectivity index (χ3n) is 5.25. The summed E-state index contributed by atoms with van der Waals surface area (Å²) in [4.78, 5) is 12.4. The number of carbonyl (C=O) groups excluding carboxylic acids is 1. The smallest absolute Gasteiger partial charge is 0.312 e. The Bertz CT molecular complexity index is 864. The Hall–Kier alpha value is -2.93. The van der Waals surface area contributed by atoms with Gasteiger partial charge in [-0.1, -0.05) is 12.1 Å². The number of aliphatic hydroxyl groups is 1. The molecule has 1 N–H and O–H groups in total. The van der Waals surface area contributed by atoms with Crippen LogP contribution in [0.2, 0.25) is 0 Å². The second-order valence-electron chi connectivity index (χ2n) is 6.87. The fourth-order valence-electron chi connectivity index (χ4n) is 3.71. The number of aliphatic hydroxyl groups excluding tert-OH is 1. The number of carbonyl (C=O) groups is 1. The lowest BCUT2D eigenvalue weighted by molar-refractivity contribution is -0.144. The average molecular weight is 402 g/mol.